The summed E-state index contributed by atoms with van der Waals surface area (Å²) in [5.41, 5.74) is 1.74. The number of amides is 1. The zero-order chi connectivity index (χ0) is 26.9. The van der Waals surface area contributed by atoms with E-state index in [4.69, 9.17) is 36.1 Å². The summed E-state index contributed by atoms with van der Waals surface area (Å²) in [6.07, 6.45) is 3.60. The Labute approximate surface area is 214 Å². The summed E-state index contributed by atoms with van der Waals surface area (Å²) in [6.45, 7) is 3.30. The van der Waals surface area contributed by atoms with Gasteiger partial charge in [0.25, 0.3) is 0 Å². The van der Waals surface area contributed by atoms with Crippen molar-refractivity contribution in [3.8, 4) is 11.5 Å². The van der Waals surface area contributed by atoms with Crippen molar-refractivity contribution in [1.82, 2.24) is 5.32 Å². The zero-order valence-electron chi connectivity index (χ0n) is 20.1. The minimum absolute atomic E-state index is 0.0259. The number of phenolic OH excluding ortho intramolecular Hbond substituents is 1. The number of aromatic hydroxyl groups is 1. The summed E-state index contributed by atoms with van der Waals surface area (Å²) in [4.78, 5) is 30.1. The molecule has 36 heavy (non-hydrogen) atoms. The molecule has 0 saturated carbocycles. The van der Waals surface area contributed by atoms with Crippen molar-refractivity contribution < 1.29 is 39.5 Å². The van der Waals surface area contributed by atoms with E-state index in [1.165, 1.54) is 0 Å². The smallest absolute Gasteiger partial charge is 0.414 e. The lowest BCUT2D eigenvalue weighted by atomic mass is 10.1. The molecule has 0 aliphatic heterocycles. The Balaban J connectivity index is 0.000000960. The van der Waals surface area contributed by atoms with Crippen LogP contribution in [-0.2, 0) is 20.8 Å². The molecule has 1 unspecified atom stereocenters. The molecule has 1 atom stereocenters. The second-order valence-electron chi connectivity index (χ2n) is 7.85. The van der Waals surface area contributed by atoms with Crippen LogP contribution in [0.4, 0.5) is 5.69 Å². The number of halogens is 1. The number of anilines is 1. The third-order valence-corrected chi connectivity index (χ3v) is 5.04. The third-order valence-electron chi connectivity index (χ3n) is 4.74. The van der Waals surface area contributed by atoms with Crippen LogP contribution >= 0.6 is 11.6 Å². The van der Waals surface area contributed by atoms with E-state index in [9.17, 15) is 15.0 Å². The van der Waals surface area contributed by atoms with E-state index in [0.29, 0.717) is 36.0 Å². The van der Waals surface area contributed by atoms with E-state index in [2.05, 4.69) is 17.6 Å². The van der Waals surface area contributed by atoms with E-state index < -0.39 is 18.0 Å². The van der Waals surface area contributed by atoms with Crippen LogP contribution in [-0.4, -0.2) is 64.1 Å². The number of carboxylic acids is 2. The molecule has 2 aromatic carbocycles. The number of rotatable bonds is 13. The van der Waals surface area contributed by atoms with Crippen molar-refractivity contribution in [3.63, 3.8) is 0 Å². The number of phenols is 1. The first kappa shape index (κ1) is 30.7. The summed E-state index contributed by atoms with van der Waals surface area (Å²) in [6, 6.07) is 12.1. The molecule has 0 saturated heterocycles. The number of hydrogen-bond donors (Lipinski definition) is 6. The van der Waals surface area contributed by atoms with Crippen molar-refractivity contribution in [3.05, 3.63) is 53.1 Å². The van der Waals surface area contributed by atoms with Crippen molar-refractivity contribution in [2.75, 3.05) is 25.0 Å². The van der Waals surface area contributed by atoms with E-state index in [-0.39, 0.29) is 18.3 Å². The molecule has 6 N–H and O–H groups in total. The first-order valence-electron chi connectivity index (χ1n) is 11.5. The summed E-state index contributed by atoms with van der Waals surface area (Å²) in [5.74, 6) is -2.96. The van der Waals surface area contributed by atoms with Gasteiger partial charge in [-0.05, 0) is 55.3 Å². The molecule has 2 rings (SSSR count). The summed E-state index contributed by atoms with van der Waals surface area (Å²) in [7, 11) is 0. The Morgan fingerprint density at radius 1 is 1.03 bits per heavy atom. The van der Waals surface area contributed by atoms with Crippen LogP contribution < -0.4 is 15.4 Å². The van der Waals surface area contributed by atoms with Gasteiger partial charge in [0.05, 0.1) is 5.02 Å². The first-order chi connectivity index (χ1) is 17.1. The zero-order valence-corrected chi connectivity index (χ0v) is 20.8. The van der Waals surface area contributed by atoms with Crippen LogP contribution in [0.5, 0.6) is 11.5 Å². The fraction of sp³-hybridized carbons (Fsp3) is 0.400. The molecular weight excluding hydrogens is 492 g/mol. The second-order valence-corrected chi connectivity index (χ2v) is 8.25. The van der Waals surface area contributed by atoms with Crippen molar-refractivity contribution in [1.29, 1.82) is 0 Å². The summed E-state index contributed by atoms with van der Waals surface area (Å²) < 4.78 is 5.60. The average Bonchev–Trinajstić information content (AvgIpc) is 2.83. The quantitative estimate of drug-likeness (QED) is 0.170. The molecular formula is C25H33ClN2O8. The number of carbonyl (C=O) groups is 3. The van der Waals surface area contributed by atoms with Gasteiger partial charge in [-0.15, -0.1) is 0 Å². The second kappa shape index (κ2) is 17.1. The molecule has 0 bridgehead atoms. The number of benzene rings is 2. The highest BCUT2D eigenvalue weighted by Crippen LogP contribution is 2.28. The Morgan fingerprint density at radius 3 is 2.28 bits per heavy atom. The molecule has 0 aliphatic rings. The number of hydrogen-bond acceptors (Lipinski definition) is 7. The maximum atomic E-state index is 11.9. The van der Waals surface area contributed by atoms with Crippen molar-refractivity contribution >= 4 is 35.1 Å². The number of aliphatic hydroxyl groups excluding tert-OH is 1. The highest BCUT2D eigenvalue weighted by molar-refractivity contribution is 6.32. The maximum absolute atomic E-state index is 11.9. The lowest BCUT2D eigenvalue weighted by Crippen LogP contribution is -2.32. The average molecular weight is 525 g/mol. The van der Waals surface area contributed by atoms with E-state index in [0.717, 1.165) is 31.2 Å². The minimum atomic E-state index is -1.82. The van der Waals surface area contributed by atoms with Gasteiger partial charge in [-0.2, -0.15) is 0 Å². The van der Waals surface area contributed by atoms with E-state index >= 15 is 0 Å². The Bertz CT molecular complexity index is 957. The highest BCUT2D eigenvalue weighted by atomic mass is 35.5. The summed E-state index contributed by atoms with van der Waals surface area (Å²) >= 11 is 6.24. The largest absolute Gasteiger partial charge is 0.508 e. The lowest BCUT2D eigenvalue weighted by molar-refractivity contribution is -0.159. The van der Waals surface area contributed by atoms with Crippen LogP contribution in [0, 0.1) is 0 Å². The van der Waals surface area contributed by atoms with Crippen molar-refractivity contribution in [2.24, 2.45) is 0 Å². The van der Waals surface area contributed by atoms with Gasteiger partial charge in [-0.3, -0.25) is 4.79 Å². The lowest BCUT2D eigenvalue weighted by Gasteiger charge is -2.15. The van der Waals surface area contributed by atoms with Crippen molar-refractivity contribution in [2.45, 2.75) is 45.1 Å². The predicted molar refractivity (Wildman–Crippen MR) is 136 cm³/mol. The number of ether oxygens (including phenoxy) is 1. The van der Waals surface area contributed by atoms with Crippen LogP contribution in [0.25, 0.3) is 0 Å². The topological polar surface area (TPSA) is 165 Å². The molecule has 0 radical (unpaired) electrons. The molecule has 11 heteroatoms. The van der Waals surface area contributed by atoms with Gasteiger partial charge in [-0.1, -0.05) is 43.5 Å². The van der Waals surface area contributed by atoms with Gasteiger partial charge in [0.2, 0.25) is 5.91 Å². The fourth-order valence-electron chi connectivity index (χ4n) is 2.86. The maximum Gasteiger partial charge on any atom is 0.414 e. The predicted octanol–water partition coefficient (Wildman–Crippen LogP) is 3.29. The van der Waals surface area contributed by atoms with Gasteiger partial charge in [0, 0.05) is 18.7 Å². The Kier molecular flexibility index (Phi) is 14.6. The molecule has 0 heterocycles. The Morgan fingerprint density at radius 2 is 1.69 bits per heavy atom. The van der Waals surface area contributed by atoms with Gasteiger partial charge < -0.3 is 35.8 Å². The number of aliphatic carboxylic acids is 2. The molecule has 0 aliphatic carbocycles. The van der Waals surface area contributed by atoms with Gasteiger partial charge >= 0.3 is 11.9 Å². The first-order valence-corrected chi connectivity index (χ1v) is 11.8. The van der Waals surface area contributed by atoms with Crippen LogP contribution in [0.1, 0.15) is 38.2 Å². The monoisotopic (exact) mass is 524 g/mol. The molecule has 0 spiro atoms. The van der Waals surface area contributed by atoms with Crippen LogP contribution in [0.2, 0.25) is 5.02 Å². The normalized spacial score (nSPS) is 11.1. The number of aliphatic hydroxyl groups is 1. The van der Waals surface area contributed by atoms with Crippen LogP contribution in [0.15, 0.2) is 42.5 Å². The SMILES string of the molecule is CCCCCC(=O)Nc1ccc(OCC(O)CNCCc2ccc(O)cc2)c(Cl)c1.O=C(O)C(=O)O. The van der Waals surface area contributed by atoms with Gasteiger partial charge in [0.1, 0.15) is 24.2 Å². The molecule has 198 valence electrons. The molecule has 0 fully saturated rings. The standard InChI is InChI=1S/C23H31ClN2O4.C2H2O4/c1-2-3-4-5-23(29)26-18-8-11-22(21(24)14-18)30-16-20(28)15-25-13-12-17-6-9-19(27)10-7-17;3-1(4)2(5)6/h6-11,14,20,25,27-28H,2-5,12-13,15-16H2,1H3,(H,26,29);(H,3,4)(H,5,6). The summed E-state index contributed by atoms with van der Waals surface area (Å²) in [5, 5.41) is 40.5. The number of unbranched alkanes of at least 4 members (excludes halogenated alkanes) is 2. The number of nitrogens with one attached hydrogen (secondary N) is 2. The third kappa shape index (κ3) is 13.5. The minimum Gasteiger partial charge on any atom is -0.508 e. The molecule has 2 aromatic rings. The molecule has 10 nitrogen and oxygen atoms in total. The van der Waals surface area contributed by atoms with E-state index in [1.54, 1.807) is 30.3 Å². The molecule has 0 aromatic heterocycles. The van der Waals surface area contributed by atoms with Gasteiger partial charge in [-0.25, -0.2) is 9.59 Å². The fourth-order valence-corrected chi connectivity index (χ4v) is 3.10. The number of carbonyl (C=O) groups excluding carboxylic acids is 1. The Hall–Kier alpha value is -3.34. The highest BCUT2D eigenvalue weighted by Gasteiger charge is 2.10. The number of carboxylic acid groups (broad SMARTS) is 2. The van der Waals surface area contributed by atoms with Crippen LogP contribution in [0.3, 0.4) is 0 Å². The van der Waals surface area contributed by atoms with E-state index in [1.807, 2.05) is 12.1 Å². The van der Waals surface area contributed by atoms with Gasteiger partial charge in [0.15, 0.2) is 0 Å². The molecule has 1 amide bonds.